The molecule has 2 aromatic rings. The highest BCUT2D eigenvalue weighted by atomic mass is 127. The van der Waals surface area contributed by atoms with Crippen LogP contribution in [0.1, 0.15) is 57.5 Å². The second-order valence-corrected chi connectivity index (χ2v) is 10.4. The van der Waals surface area contributed by atoms with Crippen LogP contribution in [0.5, 0.6) is 0 Å². The molecule has 0 radical (unpaired) electrons. The van der Waals surface area contributed by atoms with Crippen molar-refractivity contribution in [2.45, 2.75) is 58.4 Å². The molecule has 1 aromatic carbocycles. The normalized spacial score (nSPS) is 12.0. The van der Waals surface area contributed by atoms with E-state index in [1.54, 1.807) is 0 Å². The number of alkyl halides is 2. The van der Waals surface area contributed by atoms with Gasteiger partial charge in [0.2, 0.25) is 5.92 Å². The highest BCUT2D eigenvalue weighted by Crippen LogP contribution is 2.28. The Morgan fingerprint density at radius 1 is 1.10 bits per heavy atom. The lowest BCUT2D eigenvalue weighted by Gasteiger charge is -2.22. The molecule has 5 nitrogen and oxygen atoms in total. The topological polar surface area (TPSA) is 73.7 Å². The molecule has 30 heavy (non-hydrogen) atoms. The van der Waals surface area contributed by atoms with Crippen LogP contribution in [0.3, 0.4) is 0 Å². The molecular formula is C21H27F2I2N5. The van der Waals surface area contributed by atoms with Gasteiger partial charge in [0.05, 0.1) is 5.56 Å². The molecule has 0 bridgehead atoms. The predicted octanol–water partition coefficient (Wildman–Crippen LogP) is 6.44. The third-order valence-corrected chi connectivity index (χ3v) is 6.20. The van der Waals surface area contributed by atoms with E-state index in [2.05, 4.69) is 77.9 Å². The molecule has 0 aliphatic rings. The molecule has 1 aromatic heterocycles. The van der Waals surface area contributed by atoms with E-state index in [0.717, 1.165) is 18.9 Å². The van der Waals surface area contributed by atoms with Crippen LogP contribution < -0.4 is 10.6 Å². The van der Waals surface area contributed by atoms with Crippen LogP contribution in [-0.2, 0) is 12.0 Å². The van der Waals surface area contributed by atoms with Gasteiger partial charge in [-0.05, 0) is 62.9 Å². The van der Waals surface area contributed by atoms with Gasteiger partial charge < -0.3 is 16.0 Å². The Labute approximate surface area is 204 Å². The molecule has 2 rings (SSSR count). The number of aromatic nitrogens is 2. The maximum absolute atomic E-state index is 13.6. The first kappa shape index (κ1) is 25.2. The van der Waals surface area contributed by atoms with Crippen molar-refractivity contribution >= 4 is 63.0 Å². The highest BCUT2D eigenvalue weighted by molar-refractivity contribution is 14.1. The molecule has 0 aliphatic heterocycles. The van der Waals surface area contributed by atoms with Crippen molar-refractivity contribution in [1.29, 1.82) is 5.41 Å². The molecule has 0 saturated heterocycles. The number of nitrogens with zero attached hydrogens (tertiary/aromatic N) is 2. The van der Waals surface area contributed by atoms with E-state index >= 15 is 0 Å². The summed E-state index contributed by atoms with van der Waals surface area (Å²) < 4.78 is 29.6. The Bertz CT molecular complexity index is 898. The lowest BCUT2D eigenvalue weighted by Crippen LogP contribution is -2.23. The summed E-state index contributed by atoms with van der Waals surface area (Å²) in [6, 6.07) is 6.19. The van der Waals surface area contributed by atoms with Gasteiger partial charge in [-0.15, -0.1) is 0 Å². The Morgan fingerprint density at radius 2 is 1.73 bits per heavy atom. The van der Waals surface area contributed by atoms with E-state index in [9.17, 15) is 8.78 Å². The summed E-state index contributed by atoms with van der Waals surface area (Å²) in [7, 11) is 0. The minimum absolute atomic E-state index is 0.0662. The average Bonchev–Trinajstić information content (AvgIpc) is 2.66. The second kappa shape index (κ2) is 10.5. The molecular weight excluding hydrogens is 614 g/mol. The zero-order valence-corrected chi connectivity index (χ0v) is 21.9. The number of nitrogens with one attached hydrogen (secondary N) is 3. The zero-order valence-electron chi connectivity index (χ0n) is 17.5. The van der Waals surface area contributed by atoms with Crippen molar-refractivity contribution in [3.8, 4) is 0 Å². The van der Waals surface area contributed by atoms with Crippen LogP contribution in [0, 0.1) is 12.5 Å². The van der Waals surface area contributed by atoms with Crippen molar-refractivity contribution in [2.24, 2.45) is 0 Å². The molecule has 3 N–H and O–H groups in total. The Balaban J connectivity index is 2.33. The molecule has 0 unspecified atom stereocenters. The third-order valence-electron chi connectivity index (χ3n) is 4.52. The molecule has 0 spiro atoms. The fraction of sp³-hybridized carbons (Fsp3) is 0.476. The van der Waals surface area contributed by atoms with Gasteiger partial charge >= 0.3 is 0 Å². The fourth-order valence-electron chi connectivity index (χ4n) is 2.60. The van der Waals surface area contributed by atoms with E-state index in [1.807, 2.05) is 26.8 Å². The lowest BCUT2D eigenvalue weighted by molar-refractivity contribution is -0.00781. The monoisotopic (exact) mass is 641 g/mol. The summed E-state index contributed by atoms with van der Waals surface area (Å²) in [6.45, 7) is 8.05. The Morgan fingerprint density at radius 3 is 2.27 bits per heavy atom. The lowest BCUT2D eigenvalue weighted by atomic mass is 9.95. The van der Waals surface area contributed by atoms with E-state index in [-0.39, 0.29) is 24.8 Å². The quantitative estimate of drug-likeness (QED) is 0.218. The largest absolute Gasteiger partial charge is 0.369 e. The molecule has 0 amide bonds. The highest BCUT2D eigenvalue weighted by Gasteiger charge is 2.26. The molecule has 0 atom stereocenters. The fourth-order valence-corrected chi connectivity index (χ4v) is 4.39. The van der Waals surface area contributed by atoms with Gasteiger partial charge in [-0.1, -0.05) is 33.8 Å². The van der Waals surface area contributed by atoms with Crippen LogP contribution in [0.15, 0.2) is 18.2 Å². The first-order valence-electron chi connectivity index (χ1n) is 9.69. The van der Waals surface area contributed by atoms with Crippen LogP contribution in [0.2, 0.25) is 0 Å². The van der Waals surface area contributed by atoms with Crippen molar-refractivity contribution in [2.75, 3.05) is 17.2 Å². The summed E-state index contributed by atoms with van der Waals surface area (Å²) in [4.78, 5) is 9.19. The standard InChI is InChI=1S/C21H27F2I2N5/c1-5-21(22,23)8-9-27-17-15(11-26)18(30-19(29-17)20(2,3)4)28-12-13-6-7-14(24)10-16(13)25/h6-7,10-11,26H,5,8-9,12H2,1-4H3,(H2,27,28,29,30). The molecule has 0 saturated carbocycles. The summed E-state index contributed by atoms with van der Waals surface area (Å²) in [5, 5.41) is 14.2. The Kier molecular flexibility index (Phi) is 8.78. The van der Waals surface area contributed by atoms with Crippen molar-refractivity contribution < 1.29 is 8.78 Å². The predicted molar refractivity (Wildman–Crippen MR) is 136 cm³/mol. The molecule has 1 heterocycles. The zero-order chi connectivity index (χ0) is 22.5. The van der Waals surface area contributed by atoms with Gasteiger partial charge in [-0.2, -0.15) is 0 Å². The number of benzene rings is 1. The first-order chi connectivity index (χ1) is 14.0. The van der Waals surface area contributed by atoms with Crippen molar-refractivity contribution in [3.05, 3.63) is 42.3 Å². The van der Waals surface area contributed by atoms with Crippen LogP contribution in [-0.4, -0.2) is 28.6 Å². The average molecular weight is 641 g/mol. The van der Waals surface area contributed by atoms with Crippen LogP contribution in [0.25, 0.3) is 0 Å². The molecule has 0 fully saturated rings. The van der Waals surface area contributed by atoms with Crippen LogP contribution in [0.4, 0.5) is 20.4 Å². The summed E-state index contributed by atoms with van der Waals surface area (Å²) in [5.41, 5.74) is 1.24. The van der Waals surface area contributed by atoms with Gasteiger partial charge in [-0.25, -0.2) is 18.7 Å². The van der Waals surface area contributed by atoms with E-state index < -0.39 is 5.92 Å². The molecule has 164 valence electrons. The number of anilines is 2. The Hall–Kier alpha value is -1.11. The summed E-state index contributed by atoms with van der Waals surface area (Å²) >= 11 is 4.57. The van der Waals surface area contributed by atoms with Crippen molar-refractivity contribution in [3.63, 3.8) is 0 Å². The van der Waals surface area contributed by atoms with E-state index in [1.165, 1.54) is 6.92 Å². The number of hydrogen-bond donors (Lipinski definition) is 3. The minimum Gasteiger partial charge on any atom is -0.369 e. The van der Waals surface area contributed by atoms with Gasteiger partial charge in [-0.3, -0.25) is 0 Å². The maximum atomic E-state index is 13.6. The summed E-state index contributed by atoms with van der Waals surface area (Å²) in [5.74, 6) is -1.22. The summed E-state index contributed by atoms with van der Waals surface area (Å²) in [6.07, 6.45) is 0.665. The van der Waals surface area contributed by atoms with E-state index in [4.69, 9.17) is 5.41 Å². The second-order valence-electron chi connectivity index (χ2n) is 8.03. The van der Waals surface area contributed by atoms with Gasteiger partial charge in [0.15, 0.2) is 0 Å². The minimum atomic E-state index is -2.72. The van der Waals surface area contributed by atoms with Crippen LogP contribution >= 0.6 is 45.2 Å². The molecule has 9 heteroatoms. The number of rotatable bonds is 9. The van der Waals surface area contributed by atoms with E-state index in [0.29, 0.717) is 29.6 Å². The van der Waals surface area contributed by atoms with Gasteiger partial charge in [0.25, 0.3) is 0 Å². The molecule has 0 aliphatic carbocycles. The number of halogens is 4. The first-order valence-corrected chi connectivity index (χ1v) is 11.8. The smallest absolute Gasteiger partial charge is 0.249 e. The van der Waals surface area contributed by atoms with Crippen molar-refractivity contribution in [1.82, 2.24) is 9.97 Å². The third kappa shape index (κ3) is 6.96. The number of hydrogen-bond acceptors (Lipinski definition) is 5. The van der Waals surface area contributed by atoms with Gasteiger partial charge in [0, 0.05) is 44.7 Å². The maximum Gasteiger partial charge on any atom is 0.249 e. The SMILES string of the molecule is CCC(F)(F)CCNc1nc(C(C)(C)C)nc(NCc2ccc(I)cc2I)c1C=N. The van der Waals surface area contributed by atoms with Gasteiger partial charge in [0.1, 0.15) is 17.5 Å².